The number of aliphatic hydroxyl groups is 3. The molecule has 0 spiro atoms. The molecule has 0 aromatic carbocycles. The Labute approximate surface area is 142 Å². The Kier molecular flexibility index (Phi) is 5.55. The third-order valence-electron chi connectivity index (χ3n) is 7.23. The summed E-state index contributed by atoms with van der Waals surface area (Å²) >= 11 is 0. The Bertz CT molecular complexity index is 404. The third-order valence-corrected chi connectivity index (χ3v) is 7.23. The van der Waals surface area contributed by atoms with Gasteiger partial charge in [-0.3, -0.25) is 0 Å². The average molecular weight is 327 g/mol. The van der Waals surface area contributed by atoms with E-state index >= 15 is 0 Å². The van der Waals surface area contributed by atoms with Crippen LogP contribution >= 0.6 is 0 Å². The molecule has 2 saturated carbocycles. The third kappa shape index (κ3) is 3.77. The van der Waals surface area contributed by atoms with Crippen LogP contribution in [0.4, 0.5) is 0 Å². The molecular formula is C20H38O3. The topological polar surface area (TPSA) is 60.7 Å². The molecule has 3 N–H and O–H groups in total. The minimum absolute atomic E-state index is 0.00184. The Balaban J connectivity index is 2.24. The normalized spacial score (nSPS) is 44.6. The van der Waals surface area contributed by atoms with Crippen molar-refractivity contribution in [1.82, 2.24) is 0 Å². The SMILES string of the molecule is C[C@@H](CCO)CC[C@@H]1[C@]2(C)C[C@H](O)CC(C)(C)[C@H]2CC[C@@]1(C)O. The van der Waals surface area contributed by atoms with E-state index in [9.17, 15) is 10.2 Å². The molecular weight excluding hydrogens is 288 g/mol. The smallest absolute Gasteiger partial charge is 0.0653 e. The quantitative estimate of drug-likeness (QED) is 0.721. The molecule has 0 amide bonds. The van der Waals surface area contributed by atoms with Crippen LogP contribution in [0.15, 0.2) is 0 Å². The van der Waals surface area contributed by atoms with Crippen LogP contribution in [0.1, 0.15) is 79.6 Å². The van der Waals surface area contributed by atoms with Crippen molar-refractivity contribution in [3.05, 3.63) is 0 Å². The maximum absolute atomic E-state index is 11.1. The molecule has 0 saturated heterocycles. The van der Waals surface area contributed by atoms with E-state index in [1.165, 1.54) is 0 Å². The summed E-state index contributed by atoms with van der Waals surface area (Å²) in [6, 6.07) is 0. The number of fused-ring (bicyclic) bond motifs is 1. The molecule has 0 aromatic rings. The standard InChI is InChI=1S/C20H38O3/c1-14(9-11-21)6-7-17-19(4)13-15(22)12-18(2,3)16(19)8-10-20(17,5)23/h14-17,21-23H,6-13H2,1-5H3/t14-,15-,16-,17-,19-,20-/m1/s1. The highest BCUT2D eigenvalue weighted by molar-refractivity contribution is 5.08. The zero-order chi connectivity index (χ0) is 17.5. The maximum atomic E-state index is 11.1. The lowest BCUT2D eigenvalue weighted by Crippen LogP contribution is -2.59. The second-order valence-electron chi connectivity index (χ2n) is 9.75. The lowest BCUT2D eigenvalue weighted by Gasteiger charge is -2.62. The molecule has 23 heavy (non-hydrogen) atoms. The summed E-state index contributed by atoms with van der Waals surface area (Å²) < 4.78 is 0. The predicted octanol–water partition coefficient (Wildman–Crippen LogP) is 3.75. The Morgan fingerprint density at radius 2 is 1.74 bits per heavy atom. The second-order valence-corrected chi connectivity index (χ2v) is 9.75. The van der Waals surface area contributed by atoms with Crippen LogP contribution in [-0.4, -0.2) is 33.6 Å². The lowest BCUT2D eigenvalue weighted by molar-refractivity contribution is -0.189. The molecule has 2 aliphatic rings. The minimum Gasteiger partial charge on any atom is -0.396 e. The van der Waals surface area contributed by atoms with Crippen LogP contribution in [0.5, 0.6) is 0 Å². The van der Waals surface area contributed by atoms with Gasteiger partial charge in [0.2, 0.25) is 0 Å². The van der Waals surface area contributed by atoms with Crippen LogP contribution < -0.4 is 0 Å². The molecule has 0 heterocycles. The molecule has 0 unspecified atom stereocenters. The Hall–Kier alpha value is -0.120. The summed E-state index contributed by atoms with van der Waals surface area (Å²) in [5.41, 5.74) is -0.503. The summed E-state index contributed by atoms with van der Waals surface area (Å²) in [5, 5.41) is 30.7. The van der Waals surface area contributed by atoms with Gasteiger partial charge in [0.15, 0.2) is 0 Å². The highest BCUT2D eigenvalue weighted by atomic mass is 16.3. The number of rotatable bonds is 5. The fourth-order valence-corrected chi connectivity index (χ4v) is 6.25. The van der Waals surface area contributed by atoms with E-state index in [0.717, 1.165) is 44.9 Å². The summed E-state index contributed by atoms with van der Waals surface area (Å²) in [6.07, 6.45) is 6.24. The van der Waals surface area contributed by atoms with Gasteiger partial charge >= 0.3 is 0 Å². The second kappa shape index (κ2) is 6.65. The fourth-order valence-electron chi connectivity index (χ4n) is 6.25. The molecule has 2 fully saturated rings. The summed E-state index contributed by atoms with van der Waals surface area (Å²) in [5.74, 6) is 1.28. The first kappa shape index (κ1) is 19.2. The number of hydrogen-bond donors (Lipinski definition) is 3. The van der Waals surface area contributed by atoms with Gasteiger partial charge in [-0.25, -0.2) is 0 Å². The fraction of sp³-hybridized carbons (Fsp3) is 1.00. The average Bonchev–Trinajstić information content (AvgIpc) is 2.34. The molecule has 0 bridgehead atoms. The van der Waals surface area contributed by atoms with Crippen LogP contribution in [-0.2, 0) is 0 Å². The zero-order valence-corrected chi connectivity index (χ0v) is 15.8. The van der Waals surface area contributed by atoms with Crippen molar-refractivity contribution in [2.75, 3.05) is 6.61 Å². The monoisotopic (exact) mass is 326 g/mol. The Morgan fingerprint density at radius 3 is 2.35 bits per heavy atom. The Morgan fingerprint density at radius 1 is 1.09 bits per heavy atom. The van der Waals surface area contributed by atoms with Crippen molar-refractivity contribution < 1.29 is 15.3 Å². The van der Waals surface area contributed by atoms with Gasteiger partial charge in [-0.15, -0.1) is 0 Å². The van der Waals surface area contributed by atoms with E-state index in [4.69, 9.17) is 5.11 Å². The molecule has 6 atom stereocenters. The number of hydrogen-bond acceptors (Lipinski definition) is 3. The van der Waals surface area contributed by atoms with Gasteiger partial charge in [-0.2, -0.15) is 0 Å². The van der Waals surface area contributed by atoms with Gasteiger partial charge in [-0.1, -0.05) is 34.1 Å². The molecule has 0 radical (unpaired) electrons. The van der Waals surface area contributed by atoms with Crippen molar-refractivity contribution in [2.45, 2.75) is 91.3 Å². The van der Waals surface area contributed by atoms with E-state index in [0.29, 0.717) is 11.8 Å². The van der Waals surface area contributed by atoms with Crippen LogP contribution in [0.25, 0.3) is 0 Å². The molecule has 0 aliphatic heterocycles. The van der Waals surface area contributed by atoms with E-state index in [2.05, 4.69) is 27.7 Å². The van der Waals surface area contributed by atoms with Crippen LogP contribution in [0.2, 0.25) is 0 Å². The first-order valence-corrected chi connectivity index (χ1v) is 9.54. The molecule has 0 aromatic heterocycles. The van der Waals surface area contributed by atoms with E-state index in [-0.39, 0.29) is 29.5 Å². The van der Waals surface area contributed by atoms with Gasteiger partial charge in [0.05, 0.1) is 11.7 Å². The van der Waals surface area contributed by atoms with E-state index in [1.54, 1.807) is 0 Å². The van der Waals surface area contributed by atoms with Crippen LogP contribution in [0.3, 0.4) is 0 Å². The van der Waals surface area contributed by atoms with Gasteiger partial charge in [0.25, 0.3) is 0 Å². The maximum Gasteiger partial charge on any atom is 0.0653 e. The van der Waals surface area contributed by atoms with Crippen molar-refractivity contribution in [2.24, 2.45) is 28.6 Å². The molecule has 2 rings (SSSR count). The van der Waals surface area contributed by atoms with Crippen molar-refractivity contribution >= 4 is 0 Å². The summed E-state index contributed by atoms with van der Waals surface area (Å²) in [7, 11) is 0. The molecule has 2 aliphatic carbocycles. The van der Waals surface area contributed by atoms with Gasteiger partial charge in [0, 0.05) is 6.61 Å². The largest absolute Gasteiger partial charge is 0.396 e. The predicted molar refractivity (Wildman–Crippen MR) is 94.1 cm³/mol. The zero-order valence-electron chi connectivity index (χ0n) is 15.8. The first-order chi connectivity index (χ1) is 10.5. The van der Waals surface area contributed by atoms with E-state index in [1.807, 2.05) is 6.92 Å². The van der Waals surface area contributed by atoms with Gasteiger partial charge in [0.1, 0.15) is 0 Å². The van der Waals surface area contributed by atoms with Crippen molar-refractivity contribution in [3.63, 3.8) is 0 Å². The van der Waals surface area contributed by atoms with Crippen molar-refractivity contribution in [1.29, 1.82) is 0 Å². The highest BCUT2D eigenvalue weighted by Gasteiger charge is 2.59. The molecule has 3 heteroatoms. The van der Waals surface area contributed by atoms with Gasteiger partial charge < -0.3 is 15.3 Å². The molecule has 3 nitrogen and oxygen atoms in total. The highest BCUT2D eigenvalue weighted by Crippen LogP contribution is 2.63. The summed E-state index contributed by atoms with van der Waals surface area (Å²) in [6.45, 7) is 11.3. The van der Waals surface area contributed by atoms with Gasteiger partial charge in [-0.05, 0) is 74.0 Å². The van der Waals surface area contributed by atoms with E-state index < -0.39 is 5.60 Å². The summed E-state index contributed by atoms with van der Waals surface area (Å²) in [4.78, 5) is 0. The lowest BCUT2D eigenvalue weighted by atomic mass is 9.44. The van der Waals surface area contributed by atoms with Crippen molar-refractivity contribution in [3.8, 4) is 0 Å². The van der Waals surface area contributed by atoms with Crippen LogP contribution in [0, 0.1) is 28.6 Å². The first-order valence-electron chi connectivity index (χ1n) is 9.54. The molecule has 136 valence electrons. The number of aliphatic hydroxyl groups excluding tert-OH is 2. The minimum atomic E-state index is -0.642.